The van der Waals surface area contributed by atoms with Gasteiger partial charge in [-0.05, 0) is 44.4 Å². The van der Waals surface area contributed by atoms with E-state index in [1.54, 1.807) is 12.1 Å². The van der Waals surface area contributed by atoms with Gasteiger partial charge in [-0.3, -0.25) is 4.79 Å². The average Bonchev–Trinajstić information content (AvgIpc) is 2.65. The molecule has 7 heteroatoms. The Labute approximate surface area is 186 Å². The summed E-state index contributed by atoms with van der Waals surface area (Å²) in [6, 6.07) is 7.17. The molecule has 3 N–H and O–H groups in total. The molecular weight excluding hydrogens is 467 g/mol. The Morgan fingerprint density at radius 1 is 1.29 bits per heavy atom. The summed E-state index contributed by atoms with van der Waals surface area (Å²) in [5, 5.41) is 9.20. The van der Waals surface area contributed by atoms with Gasteiger partial charge in [0, 0.05) is 30.9 Å². The first kappa shape index (κ1) is 26.2. The molecule has 6 nitrogen and oxygen atoms in total. The van der Waals surface area contributed by atoms with Gasteiger partial charge < -0.3 is 20.7 Å². The molecule has 0 aromatic heterocycles. The summed E-state index contributed by atoms with van der Waals surface area (Å²) in [4.78, 5) is 16.5. The molecule has 1 rings (SSSR count). The highest BCUT2D eigenvalue weighted by Gasteiger charge is 2.13. The number of terminal acetylenes is 1. The number of ether oxygens (including phenoxy) is 1. The van der Waals surface area contributed by atoms with Gasteiger partial charge in [-0.1, -0.05) is 25.8 Å². The van der Waals surface area contributed by atoms with Gasteiger partial charge in [-0.15, -0.1) is 30.4 Å². The fraction of sp³-hybridized carbons (Fsp3) is 0.524. The molecule has 0 saturated heterocycles. The molecule has 1 unspecified atom stereocenters. The molecule has 0 radical (unpaired) electrons. The topological polar surface area (TPSA) is 74.8 Å². The Balaban J connectivity index is 0.00000729. The lowest BCUT2D eigenvalue weighted by molar-refractivity contribution is -0.114. The molecule has 0 spiro atoms. The van der Waals surface area contributed by atoms with Crippen LogP contribution in [0.2, 0.25) is 0 Å². The fourth-order valence-corrected chi connectivity index (χ4v) is 2.54. The minimum atomic E-state index is -0.198. The van der Waals surface area contributed by atoms with Crippen LogP contribution in [0, 0.1) is 18.3 Å². The maximum Gasteiger partial charge on any atom is 0.246 e. The maximum absolute atomic E-state index is 12.1. The summed E-state index contributed by atoms with van der Waals surface area (Å²) in [5.74, 6) is 3.42. The van der Waals surface area contributed by atoms with Gasteiger partial charge in [0.1, 0.15) is 6.54 Å². The number of hydrogen-bond donors (Lipinski definition) is 3. The SMILES string of the molecule is C#Cc1cccc(NC(=O)CN=C(NCC)NCCC(OCC)C(C)C)c1.I. The third-order valence-electron chi connectivity index (χ3n) is 3.88. The van der Waals surface area contributed by atoms with Crippen LogP contribution in [0.15, 0.2) is 29.3 Å². The van der Waals surface area contributed by atoms with Gasteiger partial charge in [-0.2, -0.15) is 0 Å². The zero-order valence-electron chi connectivity index (χ0n) is 17.2. The second kappa shape index (κ2) is 15.2. The molecule has 1 atom stereocenters. The highest BCUT2D eigenvalue weighted by molar-refractivity contribution is 14.0. The summed E-state index contributed by atoms with van der Waals surface area (Å²) in [7, 11) is 0. The van der Waals surface area contributed by atoms with E-state index in [4.69, 9.17) is 11.2 Å². The molecule has 1 aromatic rings. The minimum Gasteiger partial charge on any atom is -0.378 e. The number of rotatable bonds is 10. The van der Waals surface area contributed by atoms with Crippen molar-refractivity contribution in [2.75, 3.05) is 31.6 Å². The first-order valence-electron chi connectivity index (χ1n) is 9.50. The van der Waals surface area contributed by atoms with Crippen LogP contribution in [0.3, 0.4) is 0 Å². The molecule has 0 saturated carbocycles. The predicted octanol–water partition coefficient (Wildman–Crippen LogP) is 3.23. The van der Waals surface area contributed by atoms with Gasteiger partial charge in [0.2, 0.25) is 5.91 Å². The van der Waals surface area contributed by atoms with E-state index >= 15 is 0 Å². The first-order valence-corrected chi connectivity index (χ1v) is 9.50. The quantitative estimate of drug-likeness (QED) is 0.200. The number of halogens is 1. The molecule has 0 aliphatic carbocycles. The van der Waals surface area contributed by atoms with E-state index in [0.717, 1.165) is 25.1 Å². The van der Waals surface area contributed by atoms with Gasteiger partial charge in [0.15, 0.2) is 5.96 Å². The van der Waals surface area contributed by atoms with Crippen LogP contribution in [0.5, 0.6) is 0 Å². The average molecular weight is 500 g/mol. The van der Waals surface area contributed by atoms with Gasteiger partial charge >= 0.3 is 0 Å². The third kappa shape index (κ3) is 10.5. The van der Waals surface area contributed by atoms with E-state index in [-0.39, 0.29) is 42.5 Å². The second-order valence-electron chi connectivity index (χ2n) is 6.42. The Morgan fingerprint density at radius 3 is 2.64 bits per heavy atom. The fourth-order valence-electron chi connectivity index (χ4n) is 2.54. The highest BCUT2D eigenvalue weighted by Crippen LogP contribution is 2.10. The Morgan fingerprint density at radius 2 is 2.04 bits per heavy atom. The molecule has 0 aliphatic heterocycles. The zero-order chi connectivity index (χ0) is 20.1. The number of hydrogen-bond acceptors (Lipinski definition) is 3. The van der Waals surface area contributed by atoms with E-state index in [1.165, 1.54) is 0 Å². The van der Waals surface area contributed by atoms with Crippen molar-refractivity contribution in [3.8, 4) is 12.3 Å². The van der Waals surface area contributed by atoms with E-state index < -0.39 is 0 Å². The molecule has 1 aromatic carbocycles. The molecule has 0 aliphatic rings. The van der Waals surface area contributed by atoms with Crippen LogP contribution in [-0.2, 0) is 9.53 Å². The normalized spacial score (nSPS) is 11.9. The number of nitrogens with zero attached hydrogens (tertiary/aromatic N) is 1. The number of amides is 1. The number of carbonyl (C=O) groups is 1. The van der Waals surface area contributed by atoms with Crippen molar-refractivity contribution in [1.82, 2.24) is 10.6 Å². The van der Waals surface area contributed by atoms with Crippen molar-refractivity contribution in [2.45, 2.75) is 40.2 Å². The Bertz CT molecular complexity index is 656. The molecule has 0 fully saturated rings. The molecular formula is C21H33IN4O2. The smallest absolute Gasteiger partial charge is 0.246 e. The van der Waals surface area contributed by atoms with Gasteiger partial charge in [0.25, 0.3) is 0 Å². The third-order valence-corrected chi connectivity index (χ3v) is 3.88. The maximum atomic E-state index is 12.1. The van der Waals surface area contributed by atoms with Crippen LogP contribution in [-0.4, -0.2) is 44.2 Å². The summed E-state index contributed by atoms with van der Waals surface area (Å²) < 4.78 is 5.75. The van der Waals surface area contributed by atoms with E-state index in [0.29, 0.717) is 24.2 Å². The molecule has 28 heavy (non-hydrogen) atoms. The molecule has 156 valence electrons. The Hall–Kier alpha value is -1.79. The molecule has 0 bridgehead atoms. The van der Waals surface area contributed by atoms with Crippen LogP contribution in [0.4, 0.5) is 5.69 Å². The second-order valence-corrected chi connectivity index (χ2v) is 6.42. The number of aliphatic imine (C=N–C) groups is 1. The van der Waals surface area contributed by atoms with Crippen LogP contribution in [0.25, 0.3) is 0 Å². The minimum absolute atomic E-state index is 0. The van der Waals surface area contributed by atoms with Crippen molar-refractivity contribution < 1.29 is 9.53 Å². The standard InChI is InChI=1S/C21H32N4O2.HI/c1-6-17-10-9-11-18(14-17)25-20(26)15-24-21(22-7-2)23-13-12-19(16(4)5)27-8-3;/h1,9-11,14,16,19H,7-8,12-13,15H2,2-5H3,(H,25,26)(H2,22,23,24);1H. The number of anilines is 1. The van der Waals surface area contributed by atoms with Crippen molar-refractivity contribution >= 4 is 41.5 Å². The number of benzene rings is 1. The summed E-state index contributed by atoms with van der Waals surface area (Å²) in [6.45, 7) is 10.5. The molecule has 1 amide bonds. The monoisotopic (exact) mass is 500 g/mol. The van der Waals surface area contributed by atoms with Crippen molar-refractivity contribution in [3.05, 3.63) is 29.8 Å². The van der Waals surface area contributed by atoms with E-state index in [9.17, 15) is 4.79 Å². The van der Waals surface area contributed by atoms with Gasteiger partial charge in [0.05, 0.1) is 6.10 Å². The number of nitrogens with one attached hydrogen (secondary N) is 3. The van der Waals surface area contributed by atoms with E-state index in [2.05, 4.69) is 40.7 Å². The van der Waals surface area contributed by atoms with Crippen molar-refractivity contribution in [3.63, 3.8) is 0 Å². The zero-order valence-corrected chi connectivity index (χ0v) is 19.6. The van der Waals surface area contributed by atoms with Crippen molar-refractivity contribution in [1.29, 1.82) is 0 Å². The van der Waals surface area contributed by atoms with Crippen LogP contribution < -0.4 is 16.0 Å². The summed E-state index contributed by atoms with van der Waals surface area (Å²) in [5.41, 5.74) is 1.39. The summed E-state index contributed by atoms with van der Waals surface area (Å²) in [6.07, 6.45) is 6.46. The van der Waals surface area contributed by atoms with Crippen molar-refractivity contribution in [2.24, 2.45) is 10.9 Å². The largest absolute Gasteiger partial charge is 0.378 e. The lowest BCUT2D eigenvalue weighted by Crippen LogP contribution is -2.40. The number of carbonyl (C=O) groups excluding carboxylic acids is 1. The summed E-state index contributed by atoms with van der Waals surface area (Å²) >= 11 is 0. The first-order chi connectivity index (χ1) is 13.0. The lowest BCUT2D eigenvalue weighted by Gasteiger charge is -2.21. The lowest BCUT2D eigenvalue weighted by atomic mass is 10.0. The van der Waals surface area contributed by atoms with Crippen LogP contribution >= 0.6 is 24.0 Å². The Kier molecular flexibility index (Phi) is 14.2. The predicted molar refractivity (Wildman–Crippen MR) is 127 cm³/mol. The number of guanidine groups is 1. The highest BCUT2D eigenvalue weighted by atomic mass is 127. The van der Waals surface area contributed by atoms with Gasteiger partial charge in [-0.25, -0.2) is 4.99 Å². The van der Waals surface area contributed by atoms with Crippen LogP contribution in [0.1, 0.15) is 39.7 Å². The van der Waals surface area contributed by atoms with E-state index in [1.807, 2.05) is 26.0 Å². The molecule has 0 heterocycles.